The fraction of sp³-hybridized carbons (Fsp3) is 0.231. The molecule has 0 saturated heterocycles. The SMILES string of the molecule is COc1ccc(CCn2c(C)cc3c(c2=O)[C@@H](c2ccc(Cl)cc2)C(C#N)=C(N)O3)cc1OC. The lowest BCUT2D eigenvalue weighted by Gasteiger charge is -2.27. The van der Waals surface area contributed by atoms with E-state index in [0.29, 0.717) is 40.8 Å². The van der Waals surface area contributed by atoms with Gasteiger partial charge in [-0.3, -0.25) is 4.79 Å². The standard InChI is InChI=1S/C26H24ClN3O4/c1-15-12-22-24(23(19(14-28)25(29)34-22)17-5-7-18(27)8-6-17)26(31)30(15)11-10-16-4-9-20(32-2)21(13-16)33-3/h4-9,12-13,23H,10-11,29H2,1-3H3/t23-/m0/s1. The van der Waals surface area contributed by atoms with E-state index in [1.165, 1.54) is 0 Å². The molecule has 2 N–H and O–H groups in total. The number of nitrogens with zero attached hydrogens (tertiary/aromatic N) is 2. The number of ether oxygens (including phenoxy) is 3. The van der Waals surface area contributed by atoms with E-state index in [4.69, 9.17) is 31.5 Å². The van der Waals surface area contributed by atoms with Gasteiger partial charge in [-0.2, -0.15) is 5.26 Å². The van der Waals surface area contributed by atoms with Crippen LogP contribution in [0.5, 0.6) is 17.2 Å². The maximum absolute atomic E-state index is 13.7. The lowest BCUT2D eigenvalue weighted by Crippen LogP contribution is -2.33. The summed E-state index contributed by atoms with van der Waals surface area (Å²) < 4.78 is 18.1. The van der Waals surface area contributed by atoms with Crippen LogP contribution in [0.3, 0.4) is 0 Å². The topological polar surface area (TPSA) is 99.5 Å². The number of halogens is 1. The predicted molar refractivity (Wildman–Crippen MR) is 129 cm³/mol. The summed E-state index contributed by atoms with van der Waals surface area (Å²) in [5.41, 5.74) is 8.87. The van der Waals surface area contributed by atoms with Crippen LogP contribution < -0.4 is 25.5 Å². The summed E-state index contributed by atoms with van der Waals surface area (Å²) >= 11 is 6.06. The molecular weight excluding hydrogens is 454 g/mol. The highest BCUT2D eigenvalue weighted by Gasteiger charge is 2.34. The highest BCUT2D eigenvalue weighted by molar-refractivity contribution is 6.30. The van der Waals surface area contributed by atoms with Gasteiger partial charge in [0.25, 0.3) is 5.56 Å². The van der Waals surface area contributed by atoms with Crippen molar-refractivity contribution in [1.82, 2.24) is 4.57 Å². The van der Waals surface area contributed by atoms with Crippen molar-refractivity contribution < 1.29 is 14.2 Å². The van der Waals surface area contributed by atoms with Crippen molar-refractivity contribution in [1.29, 1.82) is 5.26 Å². The Morgan fingerprint density at radius 2 is 1.82 bits per heavy atom. The van der Waals surface area contributed by atoms with Crippen molar-refractivity contribution in [3.05, 3.63) is 97.7 Å². The van der Waals surface area contributed by atoms with Crippen molar-refractivity contribution in [2.75, 3.05) is 14.2 Å². The number of allylic oxidation sites excluding steroid dienone is 1. The summed E-state index contributed by atoms with van der Waals surface area (Å²) in [6, 6.07) is 16.6. The quantitative estimate of drug-likeness (QED) is 0.568. The van der Waals surface area contributed by atoms with Gasteiger partial charge in [0, 0.05) is 23.3 Å². The van der Waals surface area contributed by atoms with E-state index < -0.39 is 5.92 Å². The van der Waals surface area contributed by atoms with Crippen molar-refractivity contribution in [3.63, 3.8) is 0 Å². The molecule has 2 aromatic carbocycles. The van der Waals surface area contributed by atoms with Crippen LogP contribution in [0.4, 0.5) is 0 Å². The normalized spacial score (nSPS) is 14.7. The third kappa shape index (κ3) is 4.20. The van der Waals surface area contributed by atoms with Gasteiger partial charge >= 0.3 is 0 Å². The van der Waals surface area contributed by atoms with Gasteiger partial charge in [0.1, 0.15) is 17.4 Å². The van der Waals surface area contributed by atoms with Crippen LogP contribution in [-0.2, 0) is 13.0 Å². The van der Waals surface area contributed by atoms with E-state index in [-0.39, 0.29) is 17.0 Å². The van der Waals surface area contributed by atoms with Gasteiger partial charge in [-0.05, 0) is 48.7 Å². The average molecular weight is 478 g/mol. The number of benzene rings is 2. The maximum atomic E-state index is 13.7. The first-order chi connectivity index (χ1) is 16.4. The number of hydrogen-bond acceptors (Lipinski definition) is 6. The van der Waals surface area contributed by atoms with Crippen LogP contribution in [0, 0.1) is 18.3 Å². The van der Waals surface area contributed by atoms with Crippen molar-refractivity contribution in [2.24, 2.45) is 5.73 Å². The van der Waals surface area contributed by atoms with Crippen LogP contribution in [0.15, 0.2) is 64.8 Å². The Morgan fingerprint density at radius 1 is 1.12 bits per heavy atom. The molecule has 0 fully saturated rings. The monoisotopic (exact) mass is 477 g/mol. The molecular formula is C26H24ClN3O4. The third-order valence-corrected chi connectivity index (χ3v) is 6.22. The van der Waals surface area contributed by atoms with Crippen LogP contribution in [-0.4, -0.2) is 18.8 Å². The third-order valence-electron chi connectivity index (χ3n) is 5.97. The Kier molecular flexibility index (Phi) is 6.53. The van der Waals surface area contributed by atoms with Crippen molar-refractivity contribution in [2.45, 2.75) is 25.8 Å². The minimum atomic E-state index is -0.647. The zero-order valence-corrected chi connectivity index (χ0v) is 19.8. The molecule has 1 aromatic heterocycles. The van der Waals surface area contributed by atoms with Crippen LogP contribution in [0.1, 0.15) is 28.3 Å². The van der Waals surface area contributed by atoms with Gasteiger partial charge in [-0.25, -0.2) is 0 Å². The second-order valence-electron chi connectivity index (χ2n) is 7.94. The number of hydrogen-bond donors (Lipinski definition) is 1. The molecule has 7 nitrogen and oxygen atoms in total. The van der Waals surface area contributed by atoms with Gasteiger partial charge in [0.15, 0.2) is 11.5 Å². The Hall–Kier alpha value is -3.89. The summed E-state index contributed by atoms with van der Waals surface area (Å²) in [5.74, 6) is 0.985. The van der Waals surface area contributed by atoms with E-state index in [1.54, 1.807) is 49.1 Å². The second kappa shape index (κ2) is 9.54. The van der Waals surface area contributed by atoms with Gasteiger partial charge < -0.3 is 24.5 Å². The van der Waals surface area contributed by atoms with E-state index in [9.17, 15) is 10.1 Å². The summed E-state index contributed by atoms with van der Waals surface area (Å²) in [4.78, 5) is 13.7. The lowest BCUT2D eigenvalue weighted by molar-refractivity contribution is 0.354. The van der Waals surface area contributed by atoms with Gasteiger partial charge in [0.05, 0.1) is 25.7 Å². The molecule has 1 atom stereocenters. The van der Waals surface area contributed by atoms with E-state index in [1.807, 2.05) is 25.1 Å². The number of aromatic nitrogens is 1. The molecule has 1 aliphatic heterocycles. The minimum Gasteiger partial charge on any atom is -0.493 e. The van der Waals surface area contributed by atoms with E-state index in [0.717, 1.165) is 16.8 Å². The molecule has 1 aliphatic rings. The Balaban J connectivity index is 1.76. The Morgan fingerprint density at radius 3 is 2.47 bits per heavy atom. The molecule has 4 rings (SSSR count). The molecule has 0 amide bonds. The summed E-state index contributed by atoms with van der Waals surface area (Å²) in [7, 11) is 3.17. The number of fused-ring (bicyclic) bond motifs is 1. The van der Waals surface area contributed by atoms with Crippen molar-refractivity contribution >= 4 is 11.6 Å². The van der Waals surface area contributed by atoms with E-state index >= 15 is 0 Å². The van der Waals surface area contributed by atoms with E-state index in [2.05, 4.69) is 6.07 Å². The minimum absolute atomic E-state index is 0.00294. The van der Waals surface area contributed by atoms with Gasteiger partial charge in [-0.15, -0.1) is 0 Å². The fourth-order valence-electron chi connectivity index (χ4n) is 4.23. The molecule has 0 radical (unpaired) electrons. The number of nitriles is 1. The number of nitrogens with two attached hydrogens (primary N) is 1. The van der Waals surface area contributed by atoms with Gasteiger partial charge in [-0.1, -0.05) is 29.8 Å². The smallest absolute Gasteiger partial charge is 0.258 e. The fourth-order valence-corrected chi connectivity index (χ4v) is 4.36. The molecule has 0 aliphatic carbocycles. The molecule has 0 spiro atoms. The first-order valence-corrected chi connectivity index (χ1v) is 11.0. The van der Waals surface area contributed by atoms with Crippen LogP contribution >= 0.6 is 11.6 Å². The number of methoxy groups -OCH3 is 2. The molecule has 174 valence electrons. The molecule has 8 heteroatoms. The molecule has 34 heavy (non-hydrogen) atoms. The first kappa shape index (κ1) is 23.3. The Labute approximate surface area is 202 Å². The number of aryl methyl sites for hydroxylation is 2. The predicted octanol–water partition coefficient (Wildman–Crippen LogP) is 4.29. The largest absolute Gasteiger partial charge is 0.493 e. The Bertz CT molecular complexity index is 1370. The average Bonchev–Trinajstić information content (AvgIpc) is 2.83. The number of pyridine rings is 1. The summed E-state index contributed by atoms with van der Waals surface area (Å²) in [5, 5.41) is 10.4. The highest BCUT2D eigenvalue weighted by Crippen LogP contribution is 2.40. The zero-order chi connectivity index (χ0) is 24.4. The van der Waals surface area contributed by atoms with Gasteiger partial charge in [0.2, 0.25) is 5.88 Å². The molecule has 0 unspecified atom stereocenters. The highest BCUT2D eigenvalue weighted by atomic mass is 35.5. The first-order valence-electron chi connectivity index (χ1n) is 10.7. The lowest BCUT2D eigenvalue weighted by atomic mass is 9.84. The molecule has 0 bridgehead atoms. The second-order valence-corrected chi connectivity index (χ2v) is 8.37. The molecule has 3 aromatic rings. The molecule has 2 heterocycles. The number of rotatable bonds is 6. The summed E-state index contributed by atoms with van der Waals surface area (Å²) in [6.45, 7) is 2.28. The van der Waals surface area contributed by atoms with Crippen molar-refractivity contribution in [3.8, 4) is 23.3 Å². The zero-order valence-electron chi connectivity index (χ0n) is 19.1. The van der Waals surface area contributed by atoms with Crippen LogP contribution in [0.25, 0.3) is 0 Å². The summed E-state index contributed by atoms with van der Waals surface area (Å²) in [6.07, 6.45) is 0.593. The maximum Gasteiger partial charge on any atom is 0.258 e. The molecule has 0 saturated carbocycles. The van der Waals surface area contributed by atoms with Crippen LogP contribution in [0.2, 0.25) is 5.02 Å².